The van der Waals surface area contributed by atoms with Crippen LogP contribution in [0.15, 0.2) is 132 Å². The molecule has 0 saturated carbocycles. The maximum absolute atomic E-state index is 12.8. The molecule has 52 heavy (non-hydrogen) atoms. The predicted molar refractivity (Wildman–Crippen MR) is 195 cm³/mol. The Hall–Kier alpha value is -6.16. The van der Waals surface area contributed by atoms with E-state index < -0.39 is 11.9 Å². The number of carbonyl (C=O) groups excluding carboxylic acids is 4. The molecule has 2 atom stereocenters. The van der Waals surface area contributed by atoms with E-state index in [-0.39, 0.29) is 49.7 Å². The van der Waals surface area contributed by atoms with E-state index in [1.807, 2.05) is 109 Å². The molecule has 10 nitrogen and oxygen atoms in total. The Morgan fingerprint density at radius 1 is 0.577 bits per heavy atom. The van der Waals surface area contributed by atoms with Crippen molar-refractivity contribution >= 4 is 23.8 Å². The molecule has 2 unspecified atom stereocenters. The number of benzene rings is 4. The van der Waals surface area contributed by atoms with E-state index in [0.717, 1.165) is 22.3 Å². The van der Waals surface area contributed by atoms with Crippen molar-refractivity contribution in [2.45, 2.75) is 51.7 Å². The lowest BCUT2D eigenvalue weighted by Crippen LogP contribution is -2.34. The second-order valence-electron chi connectivity index (χ2n) is 12.4. The second-order valence-corrected chi connectivity index (χ2v) is 12.4. The third kappa shape index (κ3) is 9.54. The van der Waals surface area contributed by atoms with Crippen molar-refractivity contribution in [1.82, 2.24) is 10.6 Å². The molecular formula is C42H42N2O8. The maximum Gasteiger partial charge on any atom is 0.336 e. The molecule has 0 aromatic heterocycles. The van der Waals surface area contributed by atoms with Crippen molar-refractivity contribution in [1.29, 1.82) is 0 Å². The fourth-order valence-corrected chi connectivity index (χ4v) is 6.23. The third-order valence-corrected chi connectivity index (χ3v) is 8.80. The van der Waals surface area contributed by atoms with Crippen molar-refractivity contribution in [3.05, 3.63) is 154 Å². The van der Waals surface area contributed by atoms with Crippen LogP contribution in [0.3, 0.4) is 0 Å². The van der Waals surface area contributed by atoms with E-state index in [9.17, 15) is 19.2 Å². The Morgan fingerprint density at radius 3 is 1.33 bits per heavy atom. The number of nitrogens with one attached hydrogen (secondary N) is 2. The number of ether oxygens (including phenoxy) is 4. The molecule has 0 saturated heterocycles. The van der Waals surface area contributed by atoms with Crippen LogP contribution in [0.5, 0.6) is 11.5 Å². The number of methoxy groups -OCH3 is 2. The number of amides is 2. The lowest BCUT2D eigenvalue weighted by Gasteiger charge is -2.26. The Bertz CT molecular complexity index is 1830. The molecule has 2 aliphatic heterocycles. The summed E-state index contributed by atoms with van der Waals surface area (Å²) in [5.41, 5.74) is 5.56. The van der Waals surface area contributed by atoms with Crippen LogP contribution in [0.25, 0.3) is 0 Å². The minimum atomic E-state index is -0.417. The van der Waals surface area contributed by atoms with Crippen molar-refractivity contribution < 1.29 is 38.1 Å². The zero-order valence-electron chi connectivity index (χ0n) is 29.6. The van der Waals surface area contributed by atoms with Gasteiger partial charge in [-0.1, -0.05) is 84.9 Å². The summed E-state index contributed by atoms with van der Waals surface area (Å²) < 4.78 is 21.5. The van der Waals surface area contributed by atoms with Crippen molar-refractivity contribution in [3.63, 3.8) is 0 Å². The van der Waals surface area contributed by atoms with E-state index in [0.29, 0.717) is 34.0 Å². The summed E-state index contributed by atoms with van der Waals surface area (Å²) in [7, 11) is 3.17. The van der Waals surface area contributed by atoms with Gasteiger partial charge in [-0.25, -0.2) is 9.59 Å². The molecule has 0 aliphatic carbocycles. The van der Waals surface area contributed by atoms with Gasteiger partial charge in [-0.3, -0.25) is 9.59 Å². The fourth-order valence-electron chi connectivity index (χ4n) is 6.23. The molecular weight excluding hydrogens is 660 g/mol. The van der Waals surface area contributed by atoms with E-state index in [4.69, 9.17) is 18.9 Å². The van der Waals surface area contributed by atoms with Gasteiger partial charge in [-0.15, -0.1) is 0 Å². The molecule has 0 fully saturated rings. The first-order valence-corrected chi connectivity index (χ1v) is 16.9. The summed E-state index contributed by atoms with van der Waals surface area (Å²) in [6.07, 6.45) is 0.389. The topological polar surface area (TPSA) is 129 Å². The quantitative estimate of drug-likeness (QED) is 0.176. The van der Waals surface area contributed by atoms with Gasteiger partial charge >= 0.3 is 11.9 Å². The Labute approximate surface area is 303 Å². The fraction of sp³-hybridized carbons (Fsp3) is 0.238. The van der Waals surface area contributed by atoms with Crippen molar-refractivity contribution in [2.24, 2.45) is 0 Å². The summed E-state index contributed by atoms with van der Waals surface area (Å²) in [4.78, 5) is 49.6. The Balaban J connectivity index is 0.000000201. The van der Waals surface area contributed by atoms with Crippen LogP contribution in [0.1, 0.15) is 60.8 Å². The van der Waals surface area contributed by atoms with Crippen LogP contribution in [-0.2, 0) is 41.9 Å². The SMILES string of the molecule is COc1cccc(C2CC(=O)NC(C)=C2C(=O)OCc2ccccc2)c1.COc1cccc(C2CC(=O)NC(C)=C2C(=O)OCc2ccccc2)c1. The largest absolute Gasteiger partial charge is 0.497 e. The van der Waals surface area contributed by atoms with Gasteiger partial charge < -0.3 is 29.6 Å². The molecule has 0 bridgehead atoms. The molecule has 2 N–H and O–H groups in total. The summed E-state index contributed by atoms with van der Waals surface area (Å²) in [6.45, 7) is 3.83. The maximum atomic E-state index is 12.8. The minimum Gasteiger partial charge on any atom is -0.497 e. The van der Waals surface area contributed by atoms with Crippen LogP contribution in [0, 0.1) is 0 Å². The highest BCUT2D eigenvalue weighted by Crippen LogP contribution is 2.36. The average Bonchev–Trinajstić information content (AvgIpc) is 3.16. The van der Waals surface area contributed by atoms with E-state index >= 15 is 0 Å². The summed E-state index contributed by atoms with van der Waals surface area (Å²) >= 11 is 0. The predicted octanol–water partition coefficient (Wildman–Crippen LogP) is 6.63. The number of rotatable bonds is 10. The highest BCUT2D eigenvalue weighted by atomic mass is 16.5. The van der Waals surface area contributed by atoms with Gasteiger partial charge in [0.05, 0.1) is 25.4 Å². The van der Waals surface area contributed by atoms with Gasteiger partial charge in [0.25, 0.3) is 0 Å². The molecule has 0 spiro atoms. The standard InChI is InChI=1S/2C21H21NO4/c2*1-14-20(21(24)26-13-15-7-4-3-5-8-15)18(12-19(23)22-14)16-9-6-10-17(11-16)25-2/h2*3-11,18H,12-13H2,1-2H3,(H,22,23). The van der Waals surface area contributed by atoms with Gasteiger partial charge in [0.15, 0.2) is 0 Å². The lowest BCUT2D eigenvalue weighted by atomic mass is 9.84. The highest BCUT2D eigenvalue weighted by molar-refractivity contribution is 5.96. The first-order valence-electron chi connectivity index (χ1n) is 16.9. The third-order valence-electron chi connectivity index (χ3n) is 8.80. The zero-order chi connectivity index (χ0) is 37.0. The smallest absolute Gasteiger partial charge is 0.336 e. The van der Waals surface area contributed by atoms with Crippen LogP contribution in [0.4, 0.5) is 0 Å². The first-order chi connectivity index (χ1) is 25.2. The molecule has 268 valence electrons. The molecule has 2 heterocycles. The van der Waals surface area contributed by atoms with Gasteiger partial charge in [0.2, 0.25) is 11.8 Å². The second kappa shape index (κ2) is 17.7. The van der Waals surface area contributed by atoms with E-state index in [2.05, 4.69) is 10.6 Å². The van der Waals surface area contributed by atoms with Gasteiger partial charge in [-0.05, 0) is 60.4 Å². The summed E-state index contributed by atoms with van der Waals surface area (Å²) in [5.74, 6) is -0.418. The zero-order valence-corrected chi connectivity index (χ0v) is 29.6. The van der Waals surface area contributed by atoms with Crippen molar-refractivity contribution in [2.75, 3.05) is 14.2 Å². The first kappa shape index (κ1) is 37.1. The number of hydrogen-bond donors (Lipinski definition) is 2. The lowest BCUT2D eigenvalue weighted by molar-refractivity contribution is -0.142. The highest BCUT2D eigenvalue weighted by Gasteiger charge is 2.34. The molecule has 2 amide bonds. The van der Waals surface area contributed by atoms with Crippen LogP contribution < -0.4 is 20.1 Å². The number of carbonyl (C=O) groups is 4. The van der Waals surface area contributed by atoms with E-state index in [1.54, 1.807) is 28.1 Å². The summed E-state index contributed by atoms with van der Waals surface area (Å²) in [5, 5.41) is 5.49. The minimum absolute atomic E-state index is 0.116. The van der Waals surface area contributed by atoms with Crippen LogP contribution in [-0.4, -0.2) is 38.0 Å². The average molecular weight is 703 g/mol. The number of hydrogen-bond acceptors (Lipinski definition) is 8. The van der Waals surface area contributed by atoms with E-state index in [1.165, 1.54) is 0 Å². The molecule has 4 aromatic rings. The van der Waals surface area contributed by atoms with Crippen molar-refractivity contribution in [3.8, 4) is 11.5 Å². The molecule has 0 radical (unpaired) electrons. The normalized spacial score (nSPS) is 16.8. The van der Waals surface area contributed by atoms with Gasteiger partial charge in [0, 0.05) is 36.1 Å². The molecule has 6 rings (SSSR count). The molecule has 10 heteroatoms. The van der Waals surface area contributed by atoms with Gasteiger partial charge in [0.1, 0.15) is 24.7 Å². The number of esters is 2. The Kier molecular flexibility index (Phi) is 12.6. The van der Waals surface area contributed by atoms with Gasteiger partial charge in [-0.2, -0.15) is 0 Å². The van der Waals surface area contributed by atoms with Crippen LogP contribution >= 0.6 is 0 Å². The van der Waals surface area contributed by atoms with Crippen LogP contribution in [0.2, 0.25) is 0 Å². The summed E-state index contributed by atoms with van der Waals surface area (Å²) in [6, 6.07) is 33.8. The molecule has 2 aliphatic rings. The monoisotopic (exact) mass is 702 g/mol. The molecule has 4 aromatic carbocycles. The Morgan fingerprint density at radius 2 is 0.962 bits per heavy atom. The number of allylic oxidation sites excluding steroid dienone is 2.